The zero-order valence-corrected chi connectivity index (χ0v) is 15.3. The number of nitrogens with zero attached hydrogens (tertiary/aromatic N) is 3. The third kappa shape index (κ3) is 4.03. The Balaban J connectivity index is 1.61. The van der Waals surface area contributed by atoms with Gasteiger partial charge in [-0.25, -0.2) is 0 Å². The largest absolute Gasteiger partial charge is 0.336 e. The van der Waals surface area contributed by atoms with Crippen LogP contribution in [0.4, 0.5) is 5.69 Å². The number of halogens is 1. The summed E-state index contributed by atoms with van der Waals surface area (Å²) in [6, 6.07) is 12.3. The Kier molecular flexibility index (Phi) is 5.54. The number of amides is 1. The van der Waals surface area contributed by atoms with Gasteiger partial charge in [0.15, 0.2) is 0 Å². The number of carbonyl (C=O) groups is 1. The number of hydrogen-bond donors (Lipinski definition) is 0. The van der Waals surface area contributed by atoms with Gasteiger partial charge in [0, 0.05) is 54.9 Å². The molecule has 2 aromatic carbocycles. The smallest absolute Gasteiger partial charge is 0.272 e. The molecule has 136 valence electrons. The Morgan fingerprint density at radius 1 is 1.15 bits per heavy atom. The molecule has 0 saturated carbocycles. The highest BCUT2D eigenvalue weighted by Gasteiger charge is 2.23. The van der Waals surface area contributed by atoms with Gasteiger partial charge in [0.05, 0.1) is 4.92 Å². The second-order valence-corrected chi connectivity index (χ2v) is 6.83. The molecule has 0 bridgehead atoms. The summed E-state index contributed by atoms with van der Waals surface area (Å²) in [5.41, 5.74) is 2.11. The third-order valence-corrected chi connectivity index (χ3v) is 5.02. The lowest BCUT2D eigenvalue weighted by molar-refractivity contribution is -0.385. The fourth-order valence-corrected chi connectivity index (χ4v) is 3.35. The molecule has 3 rings (SSSR count). The van der Waals surface area contributed by atoms with Crippen LogP contribution in [0.2, 0.25) is 5.02 Å². The molecule has 0 radical (unpaired) electrons. The Morgan fingerprint density at radius 3 is 2.46 bits per heavy atom. The molecule has 0 N–H and O–H groups in total. The first-order valence-electron chi connectivity index (χ1n) is 8.46. The van der Waals surface area contributed by atoms with Crippen molar-refractivity contribution in [3.05, 3.63) is 74.3 Å². The molecule has 2 aromatic rings. The number of benzene rings is 2. The first-order chi connectivity index (χ1) is 12.5. The van der Waals surface area contributed by atoms with Gasteiger partial charge in [0.2, 0.25) is 0 Å². The molecule has 1 amide bonds. The molecule has 1 aliphatic rings. The van der Waals surface area contributed by atoms with Crippen LogP contribution in [0.25, 0.3) is 0 Å². The summed E-state index contributed by atoms with van der Waals surface area (Å²) in [6.45, 7) is 5.19. The fraction of sp³-hybridized carbons (Fsp3) is 0.316. The van der Waals surface area contributed by atoms with E-state index < -0.39 is 4.92 Å². The average molecular weight is 374 g/mol. The van der Waals surface area contributed by atoms with Crippen molar-refractivity contribution in [2.75, 3.05) is 26.2 Å². The summed E-state index contributed by atoms with van der Waals surface area (Å²) in [5, 5.41) is 11.7. The van der Waals surface area contributed by atoms with Crippen molar-refractivity contribution < 1.29 is 9.72 Å². The number of hydrogen-bond acceptors (Lipinski definition) is 4. The van der Waals surface area contributed by atoms with Crippen LogP contribution in [0.1, 0.15) is 21.5 Å². The molecule has 26 heavy (non-hydrogen) atoms. The van der Waals surface area contributed by atoms with Gasteiger partial charge in [0.25, 0.3) is 11.6 Å². The van der Waals surface area contributed by atoms with Crippen LogP contribution in [-0.4, -0.2) is 46.8 Å². The molecular formula is C19H20ClN3O3. The van der Waals surface area contributed by atoms with Crippen LogP contribution in [-0.2, 0) is 6.54 Å². The summed E-state index contributed by atoms with van der Waals surface area (Å²) in [4.78, 5) is 27.2. The predicted molar refractivity (Wildman–Crippen MR) is 100 cm³/mol. The minimum absolute atomic E-state index is 0.0334. The molecule has 0 unspecified atom stereocenters. The van der Waals surface area contributed by atoms with Crippen LogP contribution < -0.4 is 0 Å². The number of rotatable bonds is 4. The van der Waals surface area contributed by atoms with E-state index in [1.54, 1.807) is 17.9 Å². The lowest BCUT2D eigenvalue weighted by Gasteiger charge is -2.35. The topological polar surface area (TPSA) is 66.7 Å². The lowest BCUT2D eigenvalue weighted by Crippen LogP contribution is -2.48. The van der Waals surface area contributed by atoms with Gasteiger partial charge in [-0.1, -0.05) is 29.8 Å². The normalized spacial score (nSPS) is 15.1. The number of nitro groups is 1. The second kappa shape index (κ2) is 7.85. The summed E-state index contributed by atoms with van der Waals surface area (Å²) >= 11 is 6.21. The zero-order valence-electron chi connectivity index (χ0n) is 14.5. The molecule has 0 spiro atoms. The summed E-state index contributed by atoms with van der Waals surface area (Å²) in [7, 11) is 0. The highest BCUT2D eigenvalue weighted by molar-refractivity contribution is 6.31. The SMILES string of the molecule is Cc1cc(C(=O)N2CCN(Cc3ccccc3Cl)CC2)ccc1[N+](=O)[O-]. The van der Waals surface area contributed by atoms with Gasteiger partial charge in [-0.15, -0.1) is 0 Å². The van der Waals surface area contributed by atoms with E-state index in [0.29, 0.717) is 24.2 Å². The quantitative estimate of drug-likeness (QED) is 0.607. The predicted octanol–water partition coefficient (Wildman–Crippen LogP) is 3.51. The standard InChI is InChI=1S/C19H20ClN3O3/c1-14-12-15(6-7-18(14)23(25)26)19(24)22-10-8-21(9-11-22)13-16-4-2-3-5-17(16)20/h2-7,12H,8-11,13H2,1H3. The van der Waals surface area contributed by atoms with E-state index >= 15 is 0 Å². The highest BCUT2D eigenvalue weighted by atomic mass is 35.5. The third-order valence-electron chi connectivity index (χ3n) is 4.65. The summed E-state index contributed by atoms with van der Waals surface area (Å²) in [5.74, 6) is -0.0830. The van der Waals surface area contributed by atoms with Crippen molar-refractivity contribution in [2.24, 2.45) is 0 Å². The molecule has 1 heterocycles. The van der Waals surface area contributed by atoms with Crippen LogP contribution in [0.5, 0.6) is 0 Å². The average Bonchev–Trinajstić information content (AvgIpc) is 2.63. The maximum absolute atomic E-state index is 12.7. The second-order valence-electron chi connectivity index (χ2n) is 6.42. The first kappa shape index (κ1) is 18.4. The van der Waals surface area contributed by atoms with Crippen molar-refractivity contribution >= 4 is 23.2 Å². The van der Waals surface area contributed by atoms with Crippen molar-refractivity contribution in [2.45, 2.75) is 13.5 Å². The van der Waals surface area contributed by atoms with E-state index in [2.05, 4.69) is 4.90 Å². The highest BCUT2D eigenvalue weighted by Crippen LogP contribution is 2.21. The Bertz CT molecular complexity index is 833. The Hall–Kier alpha value is -2.44. The number of carbonyl (C=O) groups excluding carboxylic acids is 1. The molecule has 1 saturated heterocycles. The summed E-state index contributed by atoms with van der Waals surface area (Å²) < 4.78 is 0. The molecule has 0 aliphatic carbocycles. The van der Waals surface area contributed by atoms with Gasteiger partial charge in [0.1, 0.15) is 0 Å². The van der Waals surface area contributed by atoms with Crippen molar-refractivity contribution in [1.82, 2.24) is 9.80 Å². The molecule has 1 aliphatic heterocycles. The van der Waals surface area contributed by atoms with Crippen LogP contribution in [0.15, 0.2) is 42.5 Å². The van der Waals surface area contributed by atoms with E-state index in [0.717, 1.165) is 30.2 Å². The van der Waals surface area contributed by atoms with E-state index in [4.69, 9.17) is 11.6 Å². The molecule has 0 aromatic heterocycles. The maximum atomic E-state index is 12.7. The number of piperazine rings is 1. The Morgan fingerprint density at radius 2 is 1.85 bits per heavy atom. The number of nitro benzene ring substituents is 1. The molecule has 1 fully saturated rings. The van der Waals surface area contributed by atoms with E-state index in [9.17, 15) is 14.9 Å². The van der Waals surface area contributed by atoms with Crippen molar-refractivity contribution in [3.8, 4) is 0 Å². The van der Waals surface area contributed by atoms with E-state index in [1.807, 2.05) is 24.3 Å². The van der Waals surface area contributed by atoms with Gasteiger partial charge in [-0.2, -0.15) is 0 Å². The monoisotopic (exact) mass is 373 g/mol. The van der Waals surface area contributed by atoms with Gasteiger partial charge in [-0.05, 0) is 30.7 Å². The Labute approximate surface area is 157 Å². The fourth-order valence-electron chi connectivity index (χ4n) is 3.15. The van der Waals surface area contributed by atoms with Crippen LogP contribution in [0.3, 0.4) is 0 Å². The van der Waals surface area contributed by atoms with E-state index in [1.165, 1.54) is 12.1 Å². The summed E-state index contributed by atoms with van der Waals surface area (Å²) in [6.07, 6.45) is 0. The minimum atomic E-state index is -0.433. The number of aryl methyl sites for hydroxylation is 1. The van der Waals surface area contributed by atoms with E-state index in [-0.39, 0.29) is 11.6 Å². The van der Waals surface area contributed by atoms with Gasteiger partial charge >= 0.3 is 0 Å². The minimum Gasteiger partial charge on any atom is -0.336 e. The maximum Gasteiger partial charge on any atom is 0.272 e. The lowest BCUT2D eigenvalue weighted by atomic mass is 10.1. The van der Waals surface area contributed by atoms with Crippen molar-refractivity contribution in [3.63, 3.8) is 0 Å². The van der Waals surface area contributed by atoms with Gasteiger partial charge < -0.3 is 4.90 Å². The zero-order chi connectivity index (χ0) is 18.7. The first-order valence-corrected chi connectivity index (χ1v) is 8.83. The molecule has 0 atom stereocenters. The molecule has 7 heteroatoms. The van der Waals surface area contributed by atoms with Gasteiger partial charge in [-0.3, -0.25) is 19.8 Å². The molecule has 6 nitrogen and oxygen atoms in total. The van der Waals surface area contributed by atoms with Crippen LogP contribution in [0, 0.1) is 17.0 Å². The van der Waals surface area contributed by atoms with Crippen molar-refractivity contribution in [1.29, 1.82) is 0 Å². The molecular weight excluding hydrogens is 354 g/mol. The van der Waals surface area contributed by atoms with Crippen LogP contribution >= 0.6 is 11.6 Å².